The van der Waals surface area contributed by atoms with E-state index in [2.05, 4.69) is 172 Å². The SMILES string of the molecule is CC1(C)c2ccccc2-c2ccc(-c3ccc4c(c3)-c3cccc5c(-c6ccc7c8c(cccc68)-c6ccccc6-7)c6ccccc6c-4c35)cc21. The van der Waals surface area contributed by atoms with Gasteiger partial charge in [0, 0.05) is 5.41 Å². The van der Waals surface area contributed by atoms with Crippen LogP contribution in [0.4, 0.5) is 0 Å². The van der Waals surface area contributed by atoms with Gasteiger partial charge in [-0.2, -0.15) is 0 Å². The zero-order valence-electron chi connectivity index (χ0n) is 28.5. The zero-order valence-corrected chi connectivity index (χ0v) is 28.5. The van der Waals surface area contributed by atoms with Gasteiger partial charge in [0.1, 0.15) is 0 Å². The van der Waals surface area contributed by atoms with Crippen LogP contribution >= 0.6 is 0 Å². The van der Waals surface area contributed by atoms with Gasteiger partial charge in [-0.3, -0.25) is 0 Å². The van der Waals surface area contributed by atoms with Crippen molar-refractivity contribution >= 4 is 32.3 Å². The molecule has 0 bridgehead atoms. The summed E-state index contributed by atoms with van der Waals surface area (Å²) in [5.74, 6) is 0. The molecule has 9 aromatic carbocycles. The third-order valence-corrected chi connectivity index (χ3v) is 12.4. The van der Waals surface area contributed by atoms with Gasteiger partial charge in [-0.05, 0) is 133 Å². The summed E-state index contributed by atoms with van der Waals surface area (Å²) in [4.78, 5) is 0. The second kappa shape index (κ2) is 9.50. The van der Waals surface area contributed by atoms with Gasteiger partial charge < -0.3 is 0 Å². The second-order valence-corrected chi connectivity index (χ2v) is 15.1. The van der Waals surface area contributed by atoms with Crippen molar-refractivity contribution in [3.8, 4) is 77.9 Å². The van der Waals surface area contributed by atoms with E-state index in [1.807, 2.05) is 0 Å². The van der Waals surface area contributed by atoms with E-state index in [1.165, 1.54) is 121 Å². The fourth-order valence-electron chi connectivity index (χ4n) is 10.1. The van der Waals surface area contributed by atoms with Crippen LogP contribution in [0, 0.1) is 0 Å². The Balaban J connectivity index is 1.09. The van der Waals surface area contributed by atoms with Crippen LogP contribution in [0.3, 0.4) is 0 Å². The third-order valence-electron chi connectivity index (χ3n) is 12.4. The fourth-order valence-corrected chi connectivity index (χ4v) is 10.1. The van der Waals surface area contributed by atoms with Crippen molar-refractivity contribution in [3.63, 3.8) is 0 Å². The summed E-state index contributed by atoms with van der Waals surface area (Å²) < 4.78 is 0. The van der Waals surface area contributed by atoms with Gasteiger partial charge in [-0.15, -0.1) is 0 Å². The maximum Gasteiger partial charge on any atom is 0.0159 e. The molecule has 51 heavy (non-hydrogen) atoms. The molecule has 0 nitrogen and oxygen atoms in total. The van der Waals surface area contributed by atoms with Gasteiger partial charge in [0.25, 0.3) is 0 Å². The first kappa shape index (κ1) is 27.6. The molecule has 0 amide bonds. The number of hydrogen-bond donors (Lipinski definition) is 0. The lowest BCUT2D eigenvalue weighted by atomic mass is 9.81. The summed E-state index contributed by atoms with van der Waals surface area (Å²) >= 11 is 0. The molecule has 3 aliphatic carbocycles. The lowest BCUT2D eigenvalue weighted by Gasteiger charge is -2.22. The summed E-state index contributed by atoms with van der Waals surface area (Å²) in [7, 11) is 0. The van der Waals surface area contributed by atoms with Crippen LogP contribution in [0.25, 0.3) is 110 Å². The number of rotatable bonds is 2. The van der Waals surface area contributed by atoms with Crippen LogP contribution < -0.4 is 0 Å². The molecule has 0 aliphatic heterocycles. The average Bonchev–Trinajstić information content (AvgIpc) is 3.77. The highest BCUT2D eigenvalue weighted by Gasteiger charge is 2.35. The zero-order chi connectivity index (χ0) is 33.6. The summed E-state index contributed by atoms with van der Waals surface area (Å²) in [5, 5.41) is 8.03. The van der Waals surface area contributed by atoms with Gasteiger partial charge in [-0.25, -0.2) is 0 Å². The Morgan fingerprint density at radius 3 is 1.59 bits per heavy atom. The summed E-state index contributed by atoms with van der Waals surface area (Å²) in [6.45, 7) is 4.73. The highest BCUT2D eigenvalue weighted by molar-refractivity contribution is 6.31. The lowest BCUT2D eigenvalue weighted by Crippen LogP contribution is -2.14. The topological polar surface area (TPSA) is 0 Å². The Kier molecular flexibility index (Phi) is 5.14. The predicted molar refractivity (Wildman–Crippen MR) is 216 cm³/mol. The molecule has 0 N–H and O–H groups in total. The van der Waals surface area contributed by atoms with Gasteiger partial charge in [0.2, 0.25) is 0 Å². The van der Waals surface area contributed by atoms with E-state index in [0.717, 1.165) is 0 Å². The van der Waals surface area contributed by atoms with Crippen molar-refractivity contribution in [1.82, 2.24) is 0 Å². The van der Waals surface area contributed by atoms with Crippen LogP contribution in [0.5, 0.6) is 0 Å². The molecule has 0 fully saturated rings. The maximum atomic E-state index is 2.45. The molecule has 0 heteroatoms. The molecular formula is C51H32. The number of benzene rings is 9. The maximum absolute atomic E-state index is 2.45. The van der Waals surface area contributed by atoms with E-state index in [9.17, 15) is 0 Å². The normalized spacial score (nSPS) is 13.8. The Labute approximate surface area is 297 Å². The van der Waals surface area contributed by atoms with Gasteiger partial charge >= 0.3 is 0 Å². The minimum atomic E-state index is -0.0266. The molecule has 0 saturated heterocycles. The molecule has 0 unspecified atom stereocenters. The summed E-state index contributed by atoms with van der Waals surface area (Å²) in [6.07, 6.45) is 0. The minimum Gasteiger partial charge on any atom is -0.0619 e. The Hall–Kier alpha value is -6.24. The van der Waals surface area contributed by atoms with Gasteiger partial charge in [-0.1, -0.05) is 159 Å². The van der Waals surface area contributed by atoms with Crippen molar-refractivity contribution in [2.24, 2.45) is 0 Å². The second-order valence-electron chi connectivity index (χ2n) is 15.1. The van der Waals surface area contributed by atoms with E-state index in [-0.39, 0.29) is 5.41 Å². The van der Waals surface area contributed by atoms with Crippen molar-refractivity contribution in [3.05, 3.63) is 169 Å². The molecule has 0 heterocycles. The predicted octanol–water partition coefficient (Wildman–Crippen LogP) is 14.1. The Morgan fingerprint density at radius 1 is 0.294 bits per heavy atom. The number of fused-ring (bicyclic) bond motifs is 11. The molecule has 9 aromatic rings. The quantitative estimate of drug-likeness (QED) is 0.164. The van der Waals surface area contributed by atoms with Crippen LogP contribution in [0.1, 0.15) is 25.0 Å². The third kappa shape index (κ3) is 3.40. The Bertz CT molecular complexity index is 3010. The van der Waals surface area contributed by atoms with E-state index in [4.69, 9.17) is 0 Å². The monoisotopic (exact) mass is 644 g/mol. The van der Waals surface area contributed by atoms with E-state index < -0.39 is 0 Å². The largest absolute Gasteiger partial charge is 0.0619 e. The standard InChI is InChI=1S/C51H32/c1-51(2)45-20-8-7-13-33(45)34-23-21-30(28-46(34)51)29-22-24-42-44(27-29)39-18-10-19-43-48(36-14-5-6-15-38(36)49(42)50(39)43)41-26-25-40-32-12-4-3-11-31(32)35-16-9-17-37(41)47(35)40/h3-28H,1-2H3. The highest BCUT2D eigenvalue weighted by atomic mass is 14.4. The molecule has 0 radical (unpaired) electrons. The van der Waals surface area contributed by atoms with Crippen LogP contribution in [0.15, 0.2) is 158 Å². The van der Waals surface area contributed by atoms with Crippen LogP contribution in [-0.4, -0.2) is 0 Å². The molecule has 0 aromatic heterocycles. The average molecular weight is 645 g/mol. The lowest BCUT2D eigenvalue weighted by molar-refractivity contribution is 0.660. The molecule has 0 saturated carbocycles. The molecule has 3 aliphatic rings. The summed E-state index contributed by atoms with van der Waals surface area (Å²) in [5.41, 5.74) is 21.4. The minimum absolute atomic E-state index is 0.0266. The first-order chi connectivity index (χ1) is 25.1. The van der Waals surface area contributed by atoms with Gasteiger partial charge in [0.05, 0.1) is 0 Å². The van der Waals surface area contributed by atoms with Crippen LogP contribution in [0.2, 0.25) is 0 Å². The molecule has 236 valence electrons. The summed E-state index contributed by atoms with van der Waals surface area (Å²) in [6, 6.07) is 59.7. The number of hydrogen-bond acceptors (Lipinski definition) is 0. The van der Waals surface area contributed by atoms with Crippen molar-refractivity contribution in [2.75, 3.05) is 0 Å². The van der Waals surface area contributed by atoms with Crippen molar-refractivity contribution in [1.29, 1.82) is 0 Å². The van der Waals surface area contributed by atoms with Gasteiger partial charge in [0.15, 0.2) is 0 Å². The first-order valence-electron chi connectivity index (χ1n) is 18.1. The molecule has 0 atom stereocenters. The van der Waals surface area contributed by atoms with E-state index in [1.54, 1.807) is 0 Å². The smallest absolute Gasteiger partial charge is 0.0159 e. The van der Waals surface area contributed by atoms with Crippen LogP contribution in [-0.2, 0) is 5.41 Å². The fraction of sp³-hybridized carbons (Fsp3) is 0.0588. The highest BCUT2D eigenvalue weighted by Crippen LogP contribution is 2.57. The van der Waals surface area contributed by atoms with E-state index in [0.29, 0.717) is 0 Å². The van der Waals surface area contributed by atoms with E-state index >= 15 is 0 Å². The first-order valence-corrected chi connectivity index (χ1v) is 18.1. The molecule has 0 spiro atoms. The van der Waals surface area contributed by atoms with Crippen molar-refractivity contribution in [2.45, 2.75) is 19.3 Å². The Morgan fingerprint density at radius 2 is 0.804 bits per heavy atom. The molecular weight excluding hydrogens is 613 g/mol. The molecule has 12 rings (SSSR count). The van der Waals surface area contributed by atoms with Crippen molar-refractivity contribution < 1.29 is 0 Å².